The number of aromatic nitrogens is 2. The standard InChI is InChI=1S/C20H18ClN7O6S4/c21-14-10(26-19(23)38-14)11(27-34)15(30)25-12-16(31)28-13(18(32)33)7(5-36-17(12)28)3-4-35-20-24-8(6-37-20)1-2-9(22)29/h3-4,6,12,17,34H,1-2,5H2,(H2,22,29)(H2,23,26)(H,25,30)(H,32,33)/b4-3?,27-11-/t12-,17-/m1/s1. The van der Waals surface area contributed by atoms with Crippen molar-refractivity contribution in [2.24, 2.45) is 10.9 Å². The average molecular weight is 616 g/mol. The number of allylic oxidation sites excluding steroid dienone is 1. The molecule has 13 nitrogen and oxygen atoms in total. The second-order valence-electron chi connectivity index (χ2n) is 7.65. The number of hydrogen-bond donors (Lipinski definition) is 5. The molecule has 2 aliphatic heterocycles. The molecule has 0 unspecified atom stereocenters. The zero-order valence-corrected chi connectivity index (χ0v) is 23.0. The number of nitrogen functional groups attached to an aromatic ring is 1. The second kappa shape index (κ2) is 11.7. The second-order valence-corrected chi connectivity index (χ2v) is 12.4. The number of fused-ring (bicyclic) bond motifs is 1. The van der Waals surface area contributed by atoms with Crippen LogP contribution in [0.4, 0.5) is 5.13 Å². The predicted molar refractivity (Wildman–Crippen MR) is 144 cm³/mol. The topological polar surface area (TPSA) is 214 Å². The summed E-state index contributed by atoms with van der Waals surface area (Å²) in [5.41, 5.74) is 11.0. The normalized spacial score (nSPS) is 19.4. The van der Waals surface area contributed by atoms with E-state index in [1.807, 2.05) is 5.38 Å². The molecular weight excluding hydrogens is 598 g/mol. The summed E-state index contributed by atoms with van der Waals surface area (Å²) in [4.78, 5) is 57.9. The number of aliphatic carboxylic acids is 1. The quantitative estimate of drug-likeness (QED) is 0.0848. The number of thiazole rings is 2. The van der Waals surface area contributed by atoms with Crippen LogP contribution in [-0.4, -0.2) is 71.8 Å². The zero-order chi connectivity index (χ0) is 27.6. The van der Waals surface area contributed by atoms with Crippen LogP contribution in [0.2, 0.25) is 4.34 Å². The van der Waals surface area contributed by atoms with Crippen LogP contribution in [-0.2, 0) is 25.6 Å². The molecule has 4 heterocycles. The number of nitrogens with two attached hydrogens (primary N) is 2. The molecule has 38 heavy (non-hydrogen) atoms. The van der Waals surface area contributed by atoms with Crippen LogP contribution in [0.15, 0.2) is 37.6 Å². The molecule has 200 valence electrons. The van der Waals surface area contributed by atoms with Gasteiger partial charge >= 0.3 is 5.97 Å². The number of carboxylic acid groups (broad SMARTS) is 1. The molecule has 4 rings (SSSR count). The maximum absolute atomic E-state index is 12.9. The fourth-order valence-electron chi connectivity index (χ4n) is 3.53. The van der Waals surface area contributed by atoms with E-state index >= 15 is 0 Å². The van der Waals surface area contributed by atoms with E-state index in [0.717, 1.165) is 21.9 Å². The van der Waals surface area contributed by atoms with Crippen molar-refractivity contribution in [3.8, 4) is 0 Å². The summed E-state index contributed by atoms with van der Waals surface area (Å²) in [6, 6.07) is -1.05. The zero-order valence-electron chi connectivity index (χ0n) is 19.0. The number of nitrogens with zero attached hydrogens (tertiary/aromatic N) is 4. The number of carbonyl (C=O) groups is 4. The van der Waals surface area contributed by atoms with E-state index in [1.54, 1.807) is 11.5 Å². The van der Waals surface area contributed by atoms with Gasteiger partial charge in [-0.1, -0.05) is 39.9 Å². The summed E-state index contributed by atoms with van der Waals surface area (Å²) in [7, 11) is 0. The molecule has 2 aromatic heterocycles. The Morgan fingerprint density at radius 1 is 1.37 bits per heavy atom. The molecule has 0 spiro atoms. The Balaban J connectivity index is 1.44. The number of halogens is 1. The van der Waals surface area contributed by atoms with Gasteiger partial charge in [0.25, 0.3) is 11.8 Å². The number of carbonyl (C=O) groups excluding carboxylic acids is 3. The molecule has 2 aliphatic rings. The van der Waals surface area contributed by atoms with Gasteiger partial charge in [-0.15, -0.1) is 23.1 Å². The monoisotopic (exact) mass is 615 g/mol. The molecule has 3 amide bonds. The summed E-state index contributed by atoms with van der Waals surface area (Å²) < 4.78 is 0.731. The number of thioether (sulfide) groups is 2. The van der Waals surface area contributed by atoms with Crippen molar-refractivity contribution >= 4 is 92.3 Å². The third-order valence-electron chi connectivity index (χ3n) is 5.22. The van der Waals surface area contributed by atoms with Crippen LogP contribution < -0.4 is 16.8 Å². The number of hydrogen-bond acceptors (Lipinski definition) is 13. The molecule has 2 aromatic rings. The first-order chi connectivity index (χ1) is 18.1. The van der Waals surface area contributed by atoms with Crippen LogP contribution in [0.5, 0.6) is 0 Å². The van der Waals surface area contributed by atoms with Crippen LogP contribution in [0, 0.1) is 0 Å². The van der Waals surface area contributed by atoms with E-state index in [1.165, 1.54) is 34.9 Å². The highest BCUT2D eigenvalue weighted by Crippen LogP contribution is 2.41. The van der Waals surface area contributed by atoms with E-state index < -0.39 is 40.8 Å². The Labute approximate surface area is 236 Å². The lowest BCUT2D eigenvalue weighted by Gasteiger charge is -2.49. The number of carboxylic acids is 1. The highest BCUT2D eigenvalue weighted by atomic mass is 35.5. The predicted octanol–water partition coefficient (Wildman–Crippen LogP) is 1.48. The fraction of sp³-hybridized carbons (Fsp3) is 0.250. The summed E-state index contributed by atoms with van der Waals surface area (Å²) in [5, 5.41) is 27.4. The number of amides is 3. The number of anilines is 1. The number of aryl methyl sites for hydroxylation is 1. The highest BCUT2D eigenvalue weighted by Gasteiger charge is 2.54. The number of primary amides is 1. The van der Waals surface area contributed by atoms with Gasteiger partial charge in [0.05, 0.1) is 5.69 Å². The number of rotatable bonds is 10. The molecule has 0 radical (unpaired) electrons. The van der Waals surface area contributed by atoms with Crippen molar-refractivity contribution in [1.82, 2.24) is 20.2 Å². The molecule has 0 saturated carbocycles. The van der Waals surface area contributed by atoms with Crippen molar-refractivity contribution in [3.05, 3.63) is 43.9 Å². The third-order valence-corrected chi connectivity index (χ3v) is 9.44. The first kappa shape index (κ1) is 27.9. The summed E-state index contributed by atoms with van der Waals surface area (Å²) in [5.74, 6) is -2.99. The Morgan fingerprint density at radius 3 is 2.76 bits per heavy atom. The van der Waals surface area contributed by atoms with Crippen LogP contribution in [0.1, 0.15) is 17.8 Å². The van der Waals surface area contributed by atoms with E-state index in [-0.39, 0.29) is 33.0 Å². The minimum Gasteiger partial charge on any atom is -0.477 e. The Kier molecular flexibility index (Phi) is 8.61. The Morgan fingerprint density at radius 2 is 2.13 bits per heavy atom. The van der Waals surface area contributed by atoms with Crippen LogP contribution >= 0.6 is 57.8 Å². The van der Waals surface area contributed by atoms with Crippen LogP contribution in [0.25, 0.3) is 0 Å². The van der Waals surface area contributed by atoms with Crippen LogP contribution in [0.3, 0.4) is 0 Å². The fourth-order valence-corrected chi connectivity index (χ4v) is 7.40. The average Bonchev–Trinajstić information content (AvgIpc) is 3.46. The minimum absolute atomic E-state index is 0.0316. The smallest absolute Gasteiger partial charge is 0.352 e. The summed E-state index contributed by atoms with van der Waals surface area (Å²) in [6.07, 6.45) is 2.24. The molecule has 1 fully saturated rings. The van der Waals surface area contributed by atoms with Crippen molar-refractivity contribution in [3.63, 3.8) is 0 Å². The van der Waals surface area contributed by atoms with Gasteiger partial charge in [0, 0.05) is 17.6 Å². The first-order valence-corrected chi connectivity index (χ1v) is 14.5. The van der Waals surface area contributed by atoms with Gasteiger partial charge in [0.2, 0.25) is 5.91 Å². The van der Waals surface area contributed by atoms with E-state index in [2.05, 4.69) is 20.4 Å². The van der Waals surface area contributed by atoms with Gasteiger partial charge in [0.15, 0.2) is 15.2 Å². The van der Waals surface area contributed by atoms with Gasteiger partial charge in [-0.2, -0.15) is 0 Å². The summed E-state index contributed by atoms with van der Waals surface area (Å²) in [6.45, 7) is 0. The highest BCUT2D eigenvalue weighted by molar-refractivity contribution is 8.03. The van der Waals surface area contributed by atoms with E-state index in [0.29, 0.717) is 16.3 Å². The lowest BCUT2D eigenvalue weighted by molar-refractivity contribution is -0.150. The number of β-lactam (4-membered cyclic amide) rings is 1. The third kappa shape index (κ3) is 5.80. The Bertz CT molecular complexity index is 1400. The molecule has 0 aromatic carbocycles. The van der Waals surface area contributed by atoms with Gasteiger partial charge < -0.3 is 27.1 Å². The molecular formula is C20H18ClN7O6S4. The largest absolute Gasteiger partial charge is 0.477 e. The maximum Gasteiger partial charge on any atom is 0.352 e. The molecule has 0 aliphatic carbocycles. The van der Waals surface area contributed by atoms with Crippen molar-refractivity contribution in [2.75, 3.05) is 11.5 Å². The lowest BCUT2D eigenvalue weighted by Crippen LogP contribution is -2.71. The minimum atomic E-state index is -1.29. The van der Waals surface area contributed by atoms with Gasteiger partial charge in [0.1, 0.15) is 27.1 Å². The molecule has 2 atom stereocenters. The van der Waals surface area contributed by atoms with Gasteiger partial charge in [-0.05, 0) is 23.5 Å². The Hall–Kier alpha value is -3.12. The summed E-state index contributed by atoms with van der Waals surface area (Å²) >= 11 is 10.8. The SMILES string of the molecule is NC(=O)CCc1csc(SC=CC2=C(C(=O)O)N3C(=O)[C@@H](NC(=O)/C(=N\O)c4nc(N)sc4Cl)[C@H]3SC2)n1. The van der Waals surface area contributed by atoms with Crippen molar-refractivity contribution in [2.45, 2.75) is 28.6 Å². The number of nitrogens with one attached hydrogen (secondary N) is 1. The number of oxime groups is 1. The lowest BCUT2D eigenvalue weighted by atomic mass is 10.0. The molecule has 0 bridgehead atoms. The molecule has 7 N–H and O–H groups in total. The van der Waals surface area contributed by atoms with E-state index in [4.69, 9.17) is 23.1 Å². The molecule has 1 saturated heterocycles. The van der Waals surface area contributed by atoms with Gasteiger partial charge in [-0.25, -0.2) is 14.8 Å². The van der Waals surface area contributed by atoms with Crippen molar-refractivity contribution < 1.29 is 29.5 Å². The van der Waals surface area contributed by atoms with E-state index in [9.17, 15) is 29.5 Å². The van der Waals surface area contributed by atoms with Crippen molar-refractivity contribution in [1.29, 1.82) is 0 Å². The first-order valence-electron chi connectivity index (χ1n) is 10.5. The maximum atomic E-state index is 12.9. The van der Waals surface area contributed by atoms with Gasteiger partial charge in [-0.3, -0.25) is 19.3 Å². The molecule has 18 heteroatoms.